The third kappa shape index (κ3) is 3.42. The summed E-state index contributed by atoms with van der Waals surface area (Å²) in [6, 6.07) is 15.4. The van der Waals surface area contributed by atoms with E-state index in [0.29, 0.717) is 12.5 Å². The molecule has 5 heteroatoms. The zero-order chi connectivity index (χ0) is 19.1. The molecule has 0 spiro atoms. The molecule has 144 valence electrons. The molecule has 1 amide bonds. The molecule has 1 aromatic heterocycles. The lowest BCUT2D eigenvalue weighted by molar-refractivity contribution is -0.120. The van der Waals surface area contributed by atoms with Gasteiger partial charge in [-0.1, -0.05) is 30.3 Å². The van der Waals surface area contributed by atoms with Gasteiger partial charge in [0.15, 0.2) is 0 Å². The van der Waals surface area contributed by atoms with E-state index < -0.39 is 12.2 Å². The summed E-state index contributed by atoms with van der Waals surface area (Å²) in [6.07, 6.45) is 3.39. The first kappa shape index (κ1) is 17.4. The van der Waals surface area contributed by atoms with Gasteiger partial charge in [0.1, 0.15) is 11.8 Å². The third-order valence-electron chi connectivity index (χ3n) is 5.82. The molecule has 0 bridgehead atoms. The number of hydrogen-bond acceptors (Lipinski definition) is 3. The third-order valence-corrected chi connectivity index (χ3v) is 5.82. The maximum absolute atomic E-state index is 14.2. The molecular formula is C23H23FN2O2. The maximum atomic E-state index is 14.2. The first-order chi connectivity index (χ1) is 13.7. The van der Waals surface area contributed by atoms with E-state index in [-0.39, 0.29) is 18.9 Å². The fraction of sp³-hybridized carbons (Fsp3) is 0.348. The number of carbonyl (C=O) groups is 1. The van der Waals surface area contributed by atoms with Crippen LogP contribution in [-0.4, -0.2) is 29.6 Å². The lowest BCUT2D eigenvalue weighted by atomic mass is 10.1. The molecule has 1 aliphatic heterocycles. The molecule has 2 atom stereocenters. The Morgan fingerprint density at radius 2 is 1.96 bits per heavy atom. The van der Waals surface area contributed by atoms with Crippen molar-refractivity contribution in [1.82, 2.24) is 4.90 Å². The Morgan fingerprint density at radius 3 is 2.75 bits per heavy atom. The van der Waals surface area contributed by atoms with E-state index in [4.69, 9.17) is 4.42 Å². The van der Waals surface area contributed by atoms with Crippen molar-refractivity contribution in [2.45, 2.75) is 43.9 Å². The Bertz CT molecular complexity index is 993. The largest absolute Gasteiger partial charge is 0.464 e. The number of hydrogen-bond donors (Lipinski definition) is 1. The molecular weight excluding hydrogens is 355 g/mol. The van der Waals surface area contributed by atoms with E-state index in [1.165, 1.54) is 18.4 Å². The molecule has 1 saturated heterocycles. The van der Waals surface area contributed by atoms with E-state index in [0.717, 1.165) is 22.2 Å². The van der Waals surface area contributed by atoms with Crippen LogP contribution in [0.2, 0.25) is 0 Å². The molecule has 2 aromatic carbocycles. The molecule has 0 unspecified atom stereocenters. The first-order valence-electron chi connectivity index (χ1n) is 9.91. The second-order valence-electron chi connectivity index (χ2n) is 7.92. The van der Waals surface area contributed by atoms with Crippen molar-refractivity contribution in [3.05, 3.63) is 65.9 Å². The first-order valence-corrected chi connectivity index (χ1v) is 9.91. The highest BCUT2D eigenvalue weighted by molar-refractivity contribution is 5.95. The Balaban J connectivity index is 1.31. The van der Waals surface area contributed by atoms with Gasteiger partial charge in [0.2, 0.25) is 5.91 Å². The molecule has 1 N–H and O–H groups in total. The van der Waals surface area contributed by atoms with Gasteiger partial charge in [0, 0.05) is 36.1 Å². The molecule has 1 aliphatic carbocycles. The number of nitrogens with one attached hydrogen (secondary N) is 1. The summed E-state index contributed by atoms with van der Waals surface area (Å²) in [7, 11) is 0. The van der Waals surface area contributed by atoms with Gasteiger partial charge >= 0.3 is 0 Å². The molecule has 3 aromatic rings. The number of furan rings is 1. The van der Waals surface area contributed by atoms with Crippen LogP contribution < -0.4 is 5.32 Å². The number of fused-ring (bicyclic) bond motifs is 1. The minimum Gasteiger partial charge on any atom is -0.464 e. The van der Waals surface area contributed by atoms with E-state index in [2.05, 4.69) is 17.4 Å². The minimum absolute atomic E-state index is 0.147. The van der Waals surface area contributed by atoms with Crippen LogP contribution in [0.5, 0.6) is 0 Å². The SMILES string of the molecule is O=C(Nc1ccc(C2CC2)cc1)[C@H]1C[C@H](F)CN1Cc1cccc2ccoc12. The van der Waals surface area contributed by atoms with Crippen LogP contribution in [0.3, 0.4) is 0 Å². The number of anilines is 1. The number of rotatable bonds is 5. The van der Waals surface area contributed by atoms with Gasteiger partial charge in [-0.2, -0.15) is 0 Å². The number of amides is 1. The average Bonchev–Trinajstić information content (AvgIpc) is 3.31. The Labute approximate surface area is 163 Å². The number of alkyl halides is 1. The number of para-hydroxylation sites is 1. The normalized spacial score (nSPS) is 22.6. The molecule has 4 nitrogen and oxygen atoms in total. The van der Waals surface area contributed by atoms with Gasteiger partial charge in [-0.05, 0) is 42.5 Å². The Kier molecular flexibility index (Phi) is 4.40. The summed E-state index contributed by atoms with van der Waals surface area (Å²) >= 11 is 0. The molecule has 5 rings (SSSR count). The molecule has 2 heterocycles. The molecule has 2 aliphatic rings. The average molecular weight is 378 g/mol. The predicted octanol–water partition coefficient (Wildman–Crippen LogP) is 4.86. The number of carbonyl (C=O) groups excluding carboxylic acids is 1. The lowest BCUT2D eigenvalue weighted by Gasteiger charge is -2.23. The van der Waals surface area contributed by atoms with Crippen molar-refractivity contribution >= 4 is 22.6 Å². The molecule has 2 fully saturated rings. The topological polar surface area (TPSA) is 45.5 Å². The van der Waals surface area contributed by atoms with Crippen molar-refractivity contribution < 1.29 is 13.6 Å². The van der Waals surface area contributed by atoms with Crippen molar-refractivity contribution in [2.24, 2.45) is 0 Å². The monoisotopic (exact) mass is 378 g/mol. The summed E-state index contributed by atoms with van der Waals surface area (Å²) in [5.41, 5.74) is 3.88. The molecule has 0 radical (unpaired) electrons. The zero-order valence-corrected chi connectivity index (χ0v) is 15.6. The number of halogens is 1. The second-order valence-corrected chi connectivity index (χ2v) is 7.92. The molecule has 28 heavy (non-hydrogen) atoms. The summed E-state index contributed by atoms with van der Waals surface area (Å²) in [4.78, 5) is 14.8. The van der Waals surface area contributed by atoms with Gasteiger partial charge in [0.25, 0.3) is 0 Å². The van der Waals surface area contributed by atoms with Gasteiger partial charge < -0.3 is 9.73 Å². The Hall–Kier alpha value is -2.66. The van der Waals surface area contributed by atoms with Crippen LogP contribution in [0, 0.1) is 0 Å². The van der Waals surface area contributed by atoms with E-state index in [1.807, 2.05) is 41.3 Å². The van der Waals surface area contributed by atoms with E-state index >= 15 is 0 Å². The highest BCUT2D eigenvalue weighted by Gasteiger charge is 2.37. The predicted molar refractivity (Wildman–Crippen MR) is 107 cm³/mol. The van der Waals surface area contributed by atoms with E-state index in [9.17, 15) is 9.18 Å². The maximum Gasteiger partial charge on any atom is 0.241 e. The standard InChI is InChI=1S/C23H23FN2O2/c24-19-12-21(23(27)25-20-8-6-16(7-9-20)15-4-5-15)26(14-19)13-18-3-1-2-17-10-11-28-22(17)18/h1-3,6-11,15,19,21H,4-5,12-14H2,(H,25,27)/t19-,21+/m0/s1. The van der Waals surface area contributed by atoms with E-state index in [1.54, 1.807) is 6.26 Å². The number of benzene rings is 2. The molecule has 1 saturated carbocycles. The van der Waals surface area contributed by atoms with Gasteiger partial charge in [-0.25, -0.2) is 4.39 Å². The van der Waals surface area contributed by atoms with Gasteiger partial charge in [-0.15, -0.1) is 0 Å². The van der Waals surface area contributed by atoms with Crippen molar-refractivity contribution in [1.29, 1.82) is 0 Å². The van der Waals surface area contributed by atoms with Crippen LogP contribution in [0.1, 0.15) is 36.3 Å². The zero-order valence-electron chi connectivity index (χ0n) is 15.6. The summed E-state index contributed by atoms with van der Waals surface area (Å²) in [6.45, 7) is 0.750. The van der Waals surface area contributed by atoms with Crippen molar-refractivity contribution in [3.8, 4) is 0 Å². The van der Waals surface area contributed by atoms with Crippen LogP contribution in [0.25, 0.3) is 11.0 Å². The minimum atomic E-state index is -0.996. The summed E-state index contributed by atoms with van der Waals surface area (Å²) < 4.78 is 19.8. The quantitative estimate of drug-likeness (QED) is 0.690. The second kappa shape index (κ2) is 7.06. The van der Waals surface area contributed by atoms with Gasteiger partial charge in [-0.3, -0.25) is 9.69 Å². The van der Waals surface area contributed by atoms with Crippen molar-refractivity contribution in [3.63, 3.8) is 0 Å². The highest BCUT2D eigenvalue weighted by atomic mass is 19.1. The number of nitrogens with zero attached hydrogens (tertiary/aromatic N) is 1. The van der Waals surface area contributed by atoms with Crippen LogP contribution in [-0.2, 0) is 11.3 Å². The van der Waals surface area contributed by atoms with Crippen LogP contribution in [0.15, 0.2) is 59.2 Å². The van der Waals surface area contributed by atoms with Crippen LogP contribution >= 0.6 is 0 Å². The van der Waals surface area contributed by atoms with Gasteiger partial charge in [0.05, 0.1) is 12.3 Å². The fourth-order valence-electron chi connectivity index (χ4n) is 4.17. The summed E-state index contributed by atoms with van der Waals surface area (Å²) in [5, 5.41) is 3.99. The van der Waals surface area contributed by atoms with Crippen molar-refractivity contribution in [2.75, 3.05) is 11.9 Å². The fourth-order valence-corrected chi connectivity index (χ4v) is 4.17. The Morgan fingerprint density at radius 1 is 1.14 bits per heavy atom. The number of likely N-dealkylation sites (tertiary alicyclic amines) is 1. The highest BCUT2D eigenvalue weighted by Crippen LogP contribution is 2.40. The lowest BCUT2D eigenvalue weighted by Crippen LogP contribution is -2.39. The van der Waals surface area contributed by atoms with Crippen LogP contribution in [0.4, 0.5) is 10.1 Å². The smallest absolute Gasteiger partial charge is 0.241 e. The summed E-state index contributed by atoms with van der Waals surface area (Å²) in [5.74, 6) is 0.539.